The zero-order valence-electron chi connectivity index (χ0n) is 15.6. The SMILES string of the molecule is Cc1ccoc1C(=O)N1CC[C@@H]2OCCC[C@]2(COCCN(C)C)C1. The van der Waals surface area contributed by atoms with Gasteiger partial charge in [0.2, 0.25) is 0 Å². The van der Waals surface area contributed by atoms with E-state index in [4.69, 9.17) is 13.9 Å². The average molecular weight is 350 g/mol. The Hall–Kier alpha value is -1.37. The van der Waals surface area contributed by atoms with Crippen LogP contribution in [0.3, 0.4) is 0 Å². The van der Waals surface area contributed by atoms with Crippen molar-refractivity contribution < 1.29 is 18.7 Å². The minimum absolute atomic E-state index is 0.0146. The van der Waals surface area contributed by atoms with E-state index < -0.39 is 0 Å². The maximum atomic E-state index is 12.9. The molecule has 2 fully saturated rings. The van der Waals surface area contributed by atoms with Gasteiger partial charge in [-0.15, -0.1) is 0 Å². The molecule has 1 aromatic heterocycles. The molecule has 3 rings (SSSR count). The van der Waals surface area contributed by atoms with E-state index in [1.54, 1.807) is 6.26 Å². The van der Waals surface area contributed by atoms with Crippen LogP contribution in [0.2, 0.25) is 0 Å². The van der Waals surface area contributed by atoms with Crippen LogP contribution >= 0.6 is 0 Å². The van der Waals surface area contributed by atoms with Crippen LogP contribution in [0.1, 0.15) is 35.4 Å². The van der Waals surface area contributed by atoms with E-state index >= 15 is 0 Å². The molecule has 2 aliphatic rings. The molecule has 0 aliphatic carbocycles. The highest BCUT2D eigenvalue weighted by atomic mass is 16.5. The monoisotopic (exact) mass is 350 g/mol. The van der Waals surface area contributed by atoms with E-state index in [2.05, 4.69) is 4.90 Å². The lowest BCUT2D eigenvalue weighted by Gasteiger charge is -2.50. The number of carbonyl (C=O) groups is 1. The van der Waals surface area contributed by atoms with Crippen LogP contribution in [0.25, 0.3) is 0 Å². The van der Waals surface area contributed by atoms with Crippen molar-refractivity contribution in [2.24, 2.45) is 5.41 Å². The number of amides is 1. The first-order valence-electron chi connectivity index (χ1n) is 9.19. The zero-order valence-corrected chi connectivity index (χ0v) is 15.6. The molecule has 2 saturated heterocycles. The zero-order chi connectivity index (χ0) is 17.9. The number of ether oxygens (including phenoxy) is 2. The number of piperidine rings is 1. The molecule has 1 aromatic rings. The lowest BCUT2D eigenvalue weighted by Crippen LogP contribution is -2.58. The quantitative estimate of drug-likeness (QED) is 0.736. The first-order chi connectivity index (χ1) is 12.0. The summed E-state index contributed by atoms with van der Waals surface area (Å²) in [6.45, 7) is 6.36. The number of hydrogen-bond donors (Lipinski definition) is 0. The predicted molar refractivity (Wildman–Crippen MR) is 94.7 cm³/mol. The van der Waals surface area contributed by atoms with E-state index in [-0.39, 0.29) is 17.4 Å². The Morgan fingerprint density at radius 2 is 2.32 bits per heavy atom. The molecule has 0 spiro atoms. The van der Waals surface area contributed by atoms with Crippen LogP contribution in [0.15, 0.2) is 16.7 Å². The summed E-state index contributed by atoms with van der Waals surface area (Å²) in [5, 5.41) is 0. The Kier molecular flexibility index (Phi) is 5.81. The molecule has 0 radical (unpaired) electrons. The van der Waals surface area contributed by atoms with Crippen LogP contribution < -0.4 is 0 Å². The summed E-state index contributed by atoms with van der Waals surface area (Å²) in [6, 6.07) is 1.84. The lowest BCUT2D eigenvalue weighted by molar-refractivity contribution is -0.147. The van der Waals surface area contributed by atoms with Gasteiger partial charge in [-0.2, -0.15) is 0 Å². The second-order valence-corrected chi connectivity index (χ2v) is 7.63. The predicted octanol–water partition coefficient (Wildman–Crippen LogP) is 2.18. The Bertz CT molecular complexity index is 586. The van der Waals surface area contributed by atoms with Crippen molar-refractivity contribution in [3.8, 4) is 0 Å². The summed E-state index contributed by atoms with van der Waals surface area (Å²) in [6.07, 6.45) is 4.69. The number of nitrogens with zero attached hydrogens (tertiary/aromatic N) is 2. The molecule has 2 aliphatic heterocycles. The highest BCUT2D eigenvalue weighted by molar-refractivity contribution is 5.93. The van der Waals surface area contributed by atoms with Crippen molar-refractivity contribution in [3.05, 3.63) is 23.7 Å². The molecule has 6 nitrogen and oxygen atoms in total. The second-order valence-electron chi connectivity index (χ2n) is 7.63. The van der Waals surface area contributed by atoms with Crippen LogP contribution in [-0.4, -0.2) is 75.4 Å². The molecule has 2 atom stereocenters. The van der Waals surface area contributed by atoms with Gasteiger partial charge in [0.1, 0.15) is 0 Å². The minimum atomic E-state index is -0.0982. The molecular formula is C19H30N2O4. The molecule has 3 heterocycles. The van der Waals surface area contributed by atoms with Crippen molar-refractivity contribution in [1.82, 2.24) is 9.80 Å². The minimum Gasteiger partial charge on any atom is -0.459 e. The number of likely N-dealkylation sites (N-methyl/N-ethyl adjacent to an activating group) is 1. The largest absolute Gasteiger partial charge is 0.459 e. The van der Waals surface area contributed by atoms with Gasteiger partial charge in [-0.25, -0.2) is 0 Å². The Morgan fingerprint density at radius 1 is 1.48 bits per heavy atom. The maximum absolute atomic E-state index is 12.9. The summed E-state index contributed by atoms with van der Waals surface area (Å²) in [7, 11) is 4.09. The highest BCUT2D eigenvalue weighted by Gasteiger charge is 2.47. The second kappa shape index (κ2) is 7.89. The average Bonchev–Trinajstić information content (AvgIpc) is 3.03. The molecule has 6 heteroatoms. The van der Waals surface area contributed by atoms with E-state index in [0.29, 0.717) is 32.1 Å². The van der Waals surface area contributed by atoms with Gasteiger partial charge >= 0.3 is 0 Å². The molecular weight excluding hydrogens is 320 g/mol. The van der Waals surface area contributed by atoms with Crippen LogP contribution in [0.4, 0.5) is 0 Å². The highest BCUT2D eigenvalue weighted by Crippen LogP contribution is 2.41. The van der Waals surface area contributed by atoms with Crippen molar-refractivity contribution in [2.45, 2.75) is 32.3 Å². The summed E-state index contributed by atoms with van der Waals surface area (Å²) < 4.78 is 17.5. The molecule has 25 heavy (non-hydrogen) atoms. The third kappa shape index (κ3) is 4.07. The number of carbonyl (C=O) groups excluding carboxylic acids is 1. The van der Waals surface area contributed by atoms with Gasteiger partial charge in [-0.3, -0.25) is 4.79 Å². The van der Waals surface area contributed by atoms with Crippen molar-refractivity contribution >= 4 is 5.91 Å². The van der Waals surface area contributed by atoms with Crippen LogP contribution in [0.5, 0.6) is 0 Å². The first-order valence-corrected chi connectivity index (χ1v) is 9.19. The van der Waals surface area contributed by atoms with E-state index in [9.17, 15) is 4.79 Å². The van der Waals surface area contributed by atoms with Gasteiger partial charge in [0.25, 0.3) is 5.91 Å². The molecule has 1 amide bonds. The maximum Gasteiger partial charge on any atom is 0.289 e. The standard InChI is InChI=1S/C19H30N2O4/c1-15-6-11-25-17(15)18(22)21-8-5-16-19(13-21,7-4-10-24-16)14-23-12-9-20(2)3/h6,11,16H,4-5,7-10,12-14H2,1-3H3/t16-,19+/m0/s1. The number of furan rings is 1. The number of aryl methyl sites for hydroxylation is 1. The van der Waals surface area contributed by atoms with Gasteiger partial charge in [0, 0.05) is 37.2 Å². The van der Waals surface area contributed by atoms with Gasteiger partial charge < -0.3 is 23.7 Å². The molecule has 0 bridgehead atoms. The van der Waals surface area contributed by atoms with Gasteiger partial charge in [-0.05, 0) is 46.3 Å². The smallest absolute Gasteiger partial charge is 0.289 e. The lowest BCUT2D eigenvalue weighted by atomic mass is 9.73. The summed E-state index contributed by atoms with van der Waals surface area (Å²) in [5.41, 5.74) is 0.794. The fraction of sp³-hybridized carbons (Fsp3) is 0.737. The Labute approximate surface area is 150 Å². The third-order valence-corrected chi connectivity index (χ3v) is 5.40. The number of hydrogen-bond acceptors (Lipinski definition) is 5. The topological polar surface area (TPSA) is 55.2 Å². The normalized spacial score (nSPS) is 26.7. The first kappa shape index (κ1) is 18.4. The summed E-state index contributed by atoms with van der Waals surface area (Å²) in [4.78, 5) is 16.9. The van der Waals surface area contributed by atoms with Crippen molar-refractivity contribution in [1.29, 1.82) is 0 Å². The van der Waals surface area contributed by atoms with E-state index in [0.717, 1.165) is 38.0 Å². The van der Waals surface area contributed by atoms with Crippen LogP contribution in [0, 0.1) is 12.3 Å². The summed E-state index contributed by atoms with van der Waals surface area (Å²) in [5.74, 6) is 0.443. The van der Waals surface area contributed by atoms with E-state index in [1.165, 1.54) is 0 Å². The van der Waals surface area contributed by atoms with Crippen molar-refractivity contribution in [2.75, 3.05) is 53.6 Å². The van der Waals surface area contributed by atoms with Crippen LogP contribution in [-0.2, 0) is 9.47 Å². The number of fused-ring (bicyclic) bond motifs is 1. The van der Waals surface area contributed by atoms with Gasteiger partial charge in [0.05, 0.1) is 25.6 Å². The molecule has 140 valence electrons. The fourth-order valence-electron chi connectivity index (χ4n) is 3.93. The number of rotatable bonds is 6. The third-order valence-electron chi connectivity index (χ3n) is 5.40. The van der Waals surface area contributed by atoms with E-state index in [1.807, 2.05) is 32.0 Å². The Morgan fingerprint density at radius 3 is 3.04 bits per heavy atom. The molecule has 0 aromatic carbocycles. The molecule has 0 N–H and O–H groups in total. The summed E-state index contributed by atoms with van der Waals surface area (Å²) >= 11 is 0. The fourth-order valence-corrected chi connectivity index (χ4v) is 3.93. The Balaban J connectivity index is 1.68. The van der Waals surface area contributed by atoms with Gasteiger partial charge in [-0.1, -0.05) is 0 Å². The molecule has 0 saturated carbocycles. The number of likely N-dealkylation sites (tertiary alicyclic amines) is 1. The van der Waals surface area contributed by atoms with Crippen molar-refractivity contribution in [3.63, 3.8) is 0 Å². The van der Waals surface area contributed by atoms with Gasteiger partial charge in [0.15, 0.2) is 5.76 Å². The molecule has 0 unspecified atom stereocenters.